The second-order valence-electron chi connectivity index (χ2n) is 5.23. The molecule has 2 N–H and O–H groups in total. The van der Waals surface area contributed by atoms with Crippen molar-refractivity contribution in [2.75, 3.05) is 20.2 Å². The normalized spacial score (nSPS) is 21.8. The van der Waals surface area contributed by atoms with Gasteiger partial charge in [-0.1, -0.05) is 17.7 Å². The van der Waals surface area contributed by atoms with Crippen molar-refractivity contribution < 1.29 is 9.53 Å². The predicted molar refractivity (Wildman–Crippen MR) is 87.3 cm³/mol. The lowest BCUT2D eigenvalue weighted by Gasteiger charge is -2.38. The second kappa shape index (κ2) is 7.99. The first-order chi connectivity index (χ1) is 9.56. The molecule has 118 valence electrons. The van der Waals surface area contributed by atoms with Crippen LogP contribution in [0.2, 0.25) is 5.02 Å². The quantitative estimate of drug-likeness (QED) is 0.925. The van der Waals surface area contributed by atoms with E-state index in [1.807, 2.05) is 24.0 Å². The van der Waals surface area contributed by atoms with E-state index < -0.39 is 0 Å². The maximum Gasteiger partial charge on any atom is 0.254 e. The Hall–Kier alpha value is -0.810. The van der Waals surface area contributed by atoms with E-state index in [1.165, 1.54) is 0 Å². The summed E-state index contributed by atoms with van der Waals surface area (Å²) in [5, 5.41) is 0.618. The van der Waals surface area contributed by atoms with Gasteiger partial charge >= 0.3 is 0 Å². The zero-order valence-electron chi connectivity index (χ0n) is 12.3. The van der Waals surface area contributed by atoms with Crippen molar-refractivity contribution in [3.63, 3.8) is 0 Å². The van der Waals surface area contributed by atoms with Gasteiger partial charge in [0.1, 0.15) is 0 Å². The molecule has 2 unspecified atom stereocenters. The first-order valence-electron chi connectivity index (χ1n) is 6.86. The monoisotopic (exact) mass is 332 g/mol. The summed E-state index contributed by atoms with van der Waals surface area (Å²) < 4.78 is 5.38. The molecule has 21 heavy (non-hydrogen) atoms. The summed E-state index contributed by atoms with van der Waals surface area (Å²) in [5.74, 6) is -0.00287. The Kier molecular flexibility index (Phi) is 6.94. The molecule has 1 fully saturated rings. The third-order valence-electron chi connectivity index (χ3n) is 3.95. The minimum Gasteiger partial charge on any atom is -0.381 e. The molecule has 1 aromatic rings. The maximum absolute atomic E-state index is 12.6. The summed E-state index contributed by atoms with van der Waals surface area (Å²) in [6.07, 6.45) is 1.82. The predicted octanol–water partition coefficient (Wildman–Crippen LogP) is 2.65. The molecular weight excluding hydrogens is 311 g/mol. The minimum atomic E-state index is -0.00287. The van der Waals surface area contributed by atoms with Crippen LogP contribution < -0.4 is 5.73 Å². The number of carbonyl (C=O) groups is 1. The van der Waals surface area contributed by atoms with Gasteiger partial charge in [-0.3, -0.25) is 4.79 Å². The molecule has 1 aromatic carbocycles. The van der Waals surface area contributed by atoms with Crippen molar-refractivity contribution >= 4 is 29.9 Å². The molecule has 4 nitrogen and oxygen atoms in total. The summed E-state index contributed by atoms with van der Waals surface area (Å²) in [4.78, 5) is 14.4. The number of nitrogens with zero attached hydrogens (tertiary/aromatic N) is 1. The summed E-state index contributed by atoms with van der Waals surface area (Å²) in [6, 6.07) is 5.45. The summed E-state index contributed by atoms with van der Waals surface area (Å²) in [7, 11) is 1.70. The van der Waals surface area contributed by atoms with Gasteiger partial charge in [0.25, 0.3) is 5.91 Å². The van der Waals surface area contributed by atoms with Gasteiger partial charge in [-0.25, -0.2) is 0 Å². The molecule has 1 aliphatic heterocycles. The third-order valence-corrected chi connectivity index (χ3v) is 4.36. The van der Waals surface area contributed by atoms with Crippen molar-refractivity contribution in [1.82, 2.24) is 4.90 Å². The van der Waals surface area contributed by atoms with E-state index in [9.17, 15) is 4.79 Å². The highest BCUT2D eigenvalue weighted by molar-refractivity contribution is 6.31. The number of rotatable bonds is 3. The fraction of sp³-hybridized carbons (Fsp3) is 0.533. The standard InChI is InChI=1S/C15H21ClN2O2.ClH/c1-10-3-4-11(7-14(10)16)15(19)18-6-5-13(20-2)8-12(18)9-17;/h3-4,7,12-13H,5-6,8-9,17H2,1-2H3;1H. The minimum absolute atomic E-state index is 0. The lowest BCUT2D eigenvalue weighted by molar-refractivity contribution is 0.0139. The fourth-order valence-electron chi connectivity index (χ4n) is 2.61. The largest absolute Gasteiger partial charge is 0.381 e. The van der Waals surface area contributed by atoms with Gasteiger partial charge in [0.2, 0.25) is 0 Å². The molecule has 6 heteroatoms. The Labute approximate surface area is 137 Å². The number of carbonyl (C=O) groups excluding carboxylic acids is 1. The van der Waals surface area contributed by atoms with Gasteiger partial charge in [0, 0.05) is 36.8 Å². The van der Waals surface area contributed by atoms with Crippen molar-refractivity contribution in [2.24, 2.45) is 5.73 Å². The molecule has 1 aliphatic rings. The van der Waals surface area contributed by atoms with Crippen LogP contribution in [0.5, 0.6) is 0 Å². The van der Waals surface area contributed by atoms with Gasteiger partial charge in [0.05, 0.1) is 6.10 Å². The average Bonchev–Trinajstić information content (AvgIpc) is 2.48. The number of benzene rings is 1. The number of hydrogen-bond acceptors (Lipinski definition) is 3. The lowest BCUT2D eigenvalue weighted by atomic mass is 9.98. The van der Waals surface area contributed by atoms with E-state index in [2.05, 4.69) is 0 Å². The number of aryl methyl sites for hydroxylation is 1. The van der Waals surface area contributed by atoms with E-state index in [-0.39, 0.29) is 30.5 Å². The lowest BCUT2D eigenvalue weighted by Crippen LogP contribution is -2.51. The number of nitrogens with two attached hydrogens (primary N) is 1. The highest BCUT2D eigenvalue weighted by Gasteiger charge is 2.31. The molecule has 1 heterocycles. The molecule has 0 radical (unpaired) electrons. The van der Waals surface area contributed by atoms with E-state index in [0.717, 1.165) is 18.4 Å². The molecule has 0 spiro atoms. The molecule has 2 atom stereocenters. The first kappa shape index (κ1) is 18.2. The van der Waals surface area contributed by atoms with E-state index in [1.54, 1.807) is 13.2 Å². The Bertz CT molecular complexity index is 497. The van der Waals surface area contributed by atoms with E-state index in [4.69, 9.17) is 22.1 Å². The van der Waals surface area contributed by atoms with E-state index >= 15 is 0 Å². The number of halogens is 2. The maximum atomic E-state index is 12.6. The van der Waals surface area contributed by atoms with Gasteiger partial charge in [0.15, 0.2) is 0 Å². The molecule has 1 amide bonds. The average molecular weight is 333 g/mol. The van der Waals surface area contributed by atoms with Crippen LogP contribution in [0.3, 0.4) is 0 Å². The highest BCUT2D eigenvalue weighted by Crippen LogP contribution is 2.23. The van der Waals surface area contributed by atoms with Gasteiger partial charge in [-0.2, -0.15) is 0 Å². The highest BCUT2D eigenvalue weighted by atomic mass is 35.5. The van der Waals surface area contributed by atoms with Crippen LogP contribution >= 0.6 is 24.0 Å². The van der Waals surface area contributed by atoms with Crippen molar-refractivity contribution in [3.05, 3.63) is 34.3 Å². The molecule has 0 bridgehead atoms. The Balaban J connectivity index is 0.00000220. The summed E-state index contributed by atoms with van der Waals surface area (Å²) in [5.41, 5.74) is 7.39. The SMILES string of the molecule is COC1CCN(C(=O)c2ccc(C)c(Cl)c2)C(CN)C1.Cl. The topological polar surface area (TPSA) is 55.6 Å². The Morgan fingerprint density at radius 3 is 2.81 bits per heavy atom. The summed E-state index contributed by atoms with van der Waals surface area (Å²) >= 11 is 6.10. The molecule has 0 aliphatic carbocycles. The summed E-state index contributed by atoms with van der Waals surface area (Å²) in [6.45, 7) is 3.04. The van der Waals surface area contributed by atoms with Gasteiger partial charge < -0.3 is 15.4 Å². The van der Waals surface area contributed by atoms with Crippen LogP contribution in [0.25, 0.3) is 0 Å². The Morgan fingerprint density at radius 2 is 2.24 bits per heavy atom. The van der Waals surface area contributed by atoms with Crippen LogP contribution in [0.1, 0.15) is 28.8 Å². The molecule has 2 rings (SSSR count). The molecular formula is C15H22Cl2N2O2. The zero-order valence-corrected chi connectivity index (χ0v) is 13.9. The van der Waals surface area contributed by atoms with Crippen molar-refractivity contribution in [2.45, 2.75) is 31.9 Å². The number of hydrogen-bond donors (Lipinski definition) is 1. The van der Waals surface area contributed by atoms with Gasteiger partial charge in [-0.05, 0) is 37.5 Å². The smallest absolute Gasteiger partial charge is 0.254 e. The van der Waals surface area contributed by atoms with Crippen LogP contribution in [0, 0.1) is 6.92 Å². The van der Waals surface area contributed by atoms with Crippen LogP contribution in [-0.4, -0.2) is 43.2 Å². The molecule has 1 saturated heterocycles. The molecule has 0 aromatic heterocycles. The fourth-order valence-corrected chi connectivity index (χ4v) is 2.79. The number of likely N-dealkylation sites (tertiary alicyclic amines) is 1. The van der Waals surface area contributed by atoms with Gasteiger partial charge in [-0.15, -0.1) is 12.4 Å². The van der Waals surface area contributed by atoms with Crippen molar-refractivity contribution in [1.29, 1.82) is 0 Å². The number of amides is 1. The first-order valence-corrected chi connectivity index (χ1v) is 7.24. The van der Waals surface area contributed by atoms with Crippen LogP contribution in [-0.2, 0) is 4.74 Å². The van der Waals surface area contributed by atoms with Crippen molar-refractivity contribution in [3.8, 4) is 0 Å². The molecule has 0 saturated carbocycles. The van der Waals surface area contributed by atoms with Crippen LogP contribution in [0.4, 0.5) is 0 Å². The second-order valence-corrected chi connectivity index (χ2v) is 5.64. The third kappa shape index (κ3) is 4.10. The zero-order chi connectivity index (χ0) is 14.7. The van der Waals surface area contributed by atoms with Crippen LogP contribution in [0.15, 0.2) is 18.2 Å². The number of methoxy groups -OCH3 is 1. The number of piperidine rings is 1. The Morgan fingerprint density at radius 1 is 1.52 bits per heavy atom. The van der Waals surface area contributed by atoms with E-state index in [0.29, 0.717) is 23.7 Å². The number of ether oxygens (including phenoxy) is 1.